The van der Waals surface area contributed by atoms with Gasteiger partial charge in [-0.15, -0.1) is 0 Å². The van der Waals surface area contributed by atoms with Gasteiger partial charge in [-0.1, -0.05) is 12.1 Å². The van der Waals surface area contributed by atoms with Crippen LogP contribution in [0.15, 0.2) is 41.1 Å². The molecule has 0 aliphatic heterocycles. The van der Waals surface area contributed by atoms with E-state index in [2.05, 4.69) is 58.8 Å². The number of aromatic nitrogens is 2. The second-order valence-electron chi connectivity index (χ2n) is 4.94. The van der Waals surface area contributed by atoms with E-state index in [1.54, 1.807) is 11.3 Å². The quantitative estimate of drug-likeness (QED) is 0.768. The lowest BCUT2D eigenvalue weighted by Crippen LogP contribution is -2.21. The van der Waals surface area contributed by atoms with E-state index in [4.69, 9.17) is 4.98 Å². The highest BCUT2D eigenvalue weighted by molar-refractivity contribution is 7.07. The van der Waals surface area contributed by atoms with Crippen molar-refractivity contribution in [3.05, 3.63) is 52.5 Å². The van der Waals surface area contributed by atoms with Crippen LogP contribution in [0.1, 0.15) is 31.3 Å². The summed E-state index contributed by atoms with van der Waals surface area (Å²) in [4.78, 5) is 4.79. The van der Waals surface area contributed by atoms with Crippen molar-refractivity contribution < 1.29 is 0 Å². The number of rotatable bonds is 5. The Balaban J connectivity index is 1.85. The average Bonchev–Trinajstić information content (AvgIpc) is 3.11. The van der Waals surface area contributed by atoms with Crippen LogP contribution in [0.4, 0.5) is 0 Å². The zero-order valence-electron chi connectivity index (χ0n) is 11.8. The Labute approximate surface area is 123 Å². The van der Waals surface area contributed by atoms with Crippen LogP contribution in [0.2, 0.25) is 0 Å². The van der Waals surface area contributed by atoms with Gasteiger partial charge in [0.05, 0.1) is 17.1 Å². The van der Waals surface area contributed by atoms with Crippen molar-refractivity contribution in [2.45, 2.75) is 33.0 Å². The molecule has 1 atom stereocenters. The van der Waals surface area contributed by atoms with E-state index in [1.807, 2.05) is 6.07 Å². The van der Waals surface area contributed by atoms with Crippen LogP contribution in [-0.4, -0.2) is 9.55 Å². The zero-order valence-corrected chi connectivity index (χ0v) is 12.7. The summed E-state index contributed by atoms with van der Waals surface area (Å²) in [5, 5.41) is 7.86. The Hall–Kier alpha value is -1.65. The van der Waals surface area contributed by atoms with E-state index >= 15 is 0 Å². The summed E-state index contributed by atoms with van der Waals surface area (Å²) in [7, 11) is 0. The molecular weight excluding hydrogens is 266 g/mol. The minimum atomic E-state index is 0.238. The number of aryl methyl sites for hydroxylation is 1. The molecule has 0 saturated carbocycles. The van der Waals surface area contributed by atoms with Gasteiger partial charge >= 0.3 is 0 Å². The van der Waals surface area contributed by atoms with Crippen molar-refractivity contribution in [1.29, 1.82) is 0 Å². The second-order valence-corrected chi connectivity index (χ2v) is 5.72. The molecule has 1 unspecified atom stereocenters. The average molecular weight is 285 g/mol. The smallest absolute Gasteiger partial charge is 0.126 e. The van der Waals surface area contributed by atoms with E-state index in [0.29, 0.717) is 0 Å². The highest BCUT2D eigenvalue weighted by Gasteiger charge is 2.15. The van der Waals surface area contributed by atoms with Gasteiger partial charge in [0.25, 0.3) is 0 Å². The molecule has 1 aromatic carbocycles. The van der Waals surface area contributed by atoms with Gasteiger partial charge in [0.1, 0.15) is 5.82 Å². The summed E-state index contributed by atoms with van der Waals surface area (Å²) in [5.74, 6) is 1.11. The molecule has 0 saturated heterocycles. The Morgan fingerprint density at radius 1 is 1.30 bits per heavy atom. The van der Waals surface area contributed by atoms with Crippen molar-refractivity contribution >= 4 is 22.4 Å². The van der Waals surface area contributed by atoms with E-state index < -0.39 is 0 Å². The fraction of sp³-hybridized carbons (Fsp3) is 0.312. The molecule has 0 amide bonds. The first-order valence-corrected chi connectivity index (χ1v) is 7.93. The third kappa shape index (κ3) is 2.49. The molecule has 20 heavy (non-hydrogen) atoms. The molecule has 0 fully saturated rings. The molecule has 0 aliphatic rings. The molecule has 1 N–H and O–H groups in total. The van der Waals surface area contributed by atoms with Gasteiger partial charge in [0.15, 0.2) is 0 Å². The number of imidazole rings is 1. The summed E-state index contributed by atoms with van der Waals surface area (Å²) in [6.07, 6.45) is 0. The SMILES string of the molecule is CCn1c(C(C)NCc2ccsc2)nc2ccccc21. The van der Waals surface area contributed by atoms with Crippen LogP contribution >= 0.6 is 11.3 Å². The highest BCUT2D eigenvalue weighted by Crippen LogP contribution is 2.21. The molecule has 104 valence electrons. The number of nitrogens with zero attached hydrogens (tertiary/aromatic N) is 2. The van der Waals surface area contributed by atoms with Crippen LogP contribution in [0.5, 0.6) is 0 Å². The van der Waals surface area contributed by atoms with Crippen LogP contribution in [-0.2, 0) is 13.1 Å². The number of thiophene rings is 1. The third-order valence-corrected chi connectivity index (χ3v) is 4.31. The summed E-state index contributed by atoms with van der Waals surface area (Å²) < 4.78 is 2.29. The lowest BCUT2D eigenvalue weighted by atomic mass is 10.2. The van der Waals surface area contributed by atoms with Gasteiger partial charge in [-0.05, 0) is 48.4 Å². The Kier molecular flexibility index (Phi) is 3.85. The van der Waals surface area contributed by atoms with Gasteiger partial charge in [-0.3, -0.25) is 0 Å². The van der Waals surface area contributed by atoms with Crippen molar-refractivity contribution in [3.63, 3.8) is 0 Å². The molecule has 3 aromatic rings. The number of hydrogen-bond donors (Lipinski definition) is 1. The van der Waals surface area contributed by atoms with E-state index in [1.165, 1.54) is 11.1 Å². The Morgan fingerprint density at radius 2 is 2.15 bits per heavy atom. The molecule has 3 rings (SSSR count). The molecule has 2 heterocycles. The molecule has 0 aliphatic carbocycles. The third-order valence-electron chi connectivity index (χ3n) is 3.58. The van der Waals surface area contributed by atoms with Crippen LogP contribution in [0.25, 0.3) is 11.0 Å². The topological polar surface area (TPSA) is 29.9 Å². The molecular formula is C16H19N3S. The molecule has 3 nitrogen and oxygen atoms in total. The largest absolute Gasteiger partial charge is 0.327 e. The standard InChI is InChI=1S/C16H19N3S/c1-3-19-15-7-5-4-6-14(15)18-16(19)12(2)17-10-13-8-9-20-11-13/h4-9,11-12,17H,3,10H2,1-2H3. The van der Waals surface area contributed by atoms with Gasteiger partial charge in [0.2, 0.25) is 0 Å². The lowest BCUT2D eigenvalue weighted by molar-refractivity contribution is 0.522. The molecule has 0 radical (unpaired) electrons. The first-order chi connectivity index (χ1) is 9.79. The number of para-hydroxylation sites is 2. The number of hydrogen-bond acceptors (Lipinski definition) is 3. The fourth-order valence-electron chi connectivity index (χ4n) is 2.51. The normalized spacial score (nSPS) is 12.9. The number of nitrogens with one attached hydrogen (secondary N) is 1. The van der Waals surface area contributed by atoms with Crippen molar-refractivity contribution in [3.8, 4) is 0 Å². The van der Waals surface area contributed by atoms with Gasteiger partial charge in [0, 0.05) is 13.1 Å². The highest BCUT2D eigenvalue weighted by atomic mass is 32.1. The van der Waals surface area contributed by atoms with Crippen LogP contribution < -0.4 is 5.32 Å². The molecule has 2 aromatic heterocycles. The first kappa shape index (κ1) is 13.3. The van der Waals surface area contributed by atoms with E-state index in [-0.39, 0.29) is 6.04 Å². The molecule has 4 heteroatoms. The van der Waals surface area contributed by atoms with Crippen LogP contribution in [0, 0.1) is 0 Å². The Morgan fingerprint density at radius 3 is 2.90 bits per heavy atom. The van der Waals surface area contributed by atoms with Crippen molar-refractivity contribution in [2.24, 2.45) is 0 Å². The zero-order chi connectivity index (χ0) is 13.9. The van der Waals surface area contributed by atoms with E-state index in [0.717, 1.165) is 24.4 Å². The predicted octanol–water partition coefficient (Wildman–Crippen LogP) is 3.97. The Bertz CT molecular complexity index is 685. The minimum Gasteiger partial charge on any atom is -0.327 e. The monoisotopic (exact) mass is 285 g/mol. The van der Waals surface area contributed by atoms with Gasteiger partial charge < -0.3 is 9.88 Å². The maximum absolute atomic E-state index is 4.79. The minimum absolute atomic E-state index is 0.238. The fourth-order valence-corrected chi connectivity index (χ4v) is 3.18. The van der Waals surface area contributed by atoms with Crippen molar-refractivity contribution in [2.75, 3.05) is 0 Å². The number of benzene rings is 1. The van der Waals surface area contributed by atoms with Gasteiger partial charge in [-0.25, -0.2) is 4.98 Å². The maximum Gasteiger partial charge on any atom is 0.126 e. The predicted molar refractivity (Wildman–Crippen MR) is 85.0 cm³/mol. The summed E-state index contributed by atoms with van der Waals surface area (Å²) in [6.45, 7) is 6.18. The lowest BCUT2D eigenvalue weighted by Gasteiger charge is -2.14. The summed E-state index contributed by atoms with van der Waals surface area (Å²) in [5.41, 5.74) is 3.63. The molecule has 0 bridgehead atoms. The van der Waals surface area contributed by atoms with E-state index in [9.17, 15) is 0 Å². The van der Waals surface area contributed by atoms with Crippen molar-refractivity contribution in [1.82, 2.24) is 14.9 Å². The van der Waals surface area contributed by atoms with Crippen LogP contribution in [0.3, 0.4) is 0 Å². The number of fused-ring (bicyclic) bond motifs is 1. The first-order valence-electron chi connectivity index (χ1n) is 6.99. The van der Waals surface area contributed by atoms with Gasteiger partial charge in [-0.2, -0.15) is 11.3 Å². The second kappa shape index (κ2) is 5.77. The maximum atomic E-state index is 4.79. The molecule has 0 spiro atoms. The summed E-state index contributed by atoms with van der Waals surface area (Å²) >= 11 is 1.74. The summed E-state index contributed by atoms with van der Waals surface area (Å²) in [6, 6.07) is 10.7.